The molecule has 37 heavy (non-hydrogen) atoms. The van der Waals surface area contributed by atoms with Gasteiger partial charge in [0.15, 0.2) is 0 Å². The number of nitrogens with one attached hydrogen (secondary N) is 2. The van der Waals surface area contributed by atoms with E-state index >= 15 is 0 Å². The van der Waals surface area contributed by atoms with Crippen LogP contribution < -0.4 is 10.0 Å². The lowest BCUT2D eigenvalue weighted by molar-refractivity contribution is 0.0880. The van der Waals surface area contributed by atoms with E-state index < -0.39 is 10.0 Å². The third kappa shape index (κ3) is 4.93. The number of aryl methyl sites for hydroxylation is 1. The van der Waals surface area contributed by atoms with E-state index in [1.54, 1.807) is 42.2 Å². The van der Waals surface area contributed by atoms with Gasteiger partial charge in [0.25, 0.3) is 5.91 Å². The SMILES string of the molecule is CCOC(=O)N1CCC2(CC1)C[C@H]2NS(=O)(=O)c1ccc(NC(=O)c2ccccc2C)c2ccccc12. The second-order valence-electron chi connectivity index (χ2n) is 9.85. The van der Waals surface area contributed by atoms with E-state index in [0.29, 0.717) is 41.7 Å². The molecule has 1 aliphatic heterocycles. The summed E-state index contributed by atoms with van der Waals surface area (Å²) in [6.07, 6.45) is 1.93. The van der Waals surface area contributed by atoms with Crippen molar-refractivity contribution in [2.75, 3.05) is 25.0 Å². The number of likely N-dealkylation sites (tertiary alicyclic amines) is 1. The Kier molecular flexibility index (Phi) is 6.68. The number of amides is 2. The summed E-state index contributed by atoms with van der Waals surface area (Å²) < 4.78 is 35.0. The van der Waals surface area contributed by atoms with E-state index in [2.05, 4.69) is 10.0 Å². The van der Waals surface area contributed by atoms with Crippen LogP contribution in [0, 0.1) is 12.3 Å². The lowest BCUT2D eigenvalue weighted by Gasteiger charge is -2.32. The quantitative estimate of drug-likeness (QED) is 0.490. The van der Waals surface area contributed by atoms with Gasteiger partial charge in [-0.1, -0.05) is 42.5 Å². The molecule has 1 saturated carbocycles. The summed E-state index contributed by atoms with van der Waals surface area (Å²) in [7, 11) is -3.81. The predicted octanol–water partition coefficient (Wildman–Crippen LogP) is 4.69. The van der Waals surface area contributed by atoms with E-state index in [9.17, 15) is 18.0 Å². The molecule has 194 valence electrons. The molecular formula is C28H31N3O5S. The molecule has 2 aliphatic rings. The minimum atomic E-state index is -3.81. The first-order valence-corrected chi connectivity index (χ1v) is 14.1. The van der Waals surface area contributed by atoms with Crippen LogP contribution in [-0.2, 0) is 14.8 Å². The molecule has 0 aromatic heterocycles. The number of carbonyl (C=O) groups is 2. The van der Waals surface area contributed by atoms with Crippen molar-refractivity contribution in [3.8, 4) is 0 Å². The fourth-order valence-electron chi connectivity index (χ4n) is 5.30. The summed E-state index contributed by atoms with van der Waals surface area (Å²) >= 11 is 0. The van der Waals surface area contributed by atoms with Gasteiger partial charge in [-0.15, -0.1) is 0 Å². The number of carbonyl (C=O) groups excluding carboxylic acids is 2. The van der Waals surface area contributed by atoms with Crippen molar-refractivity contribution in [1.29, 1.82) is 0 Å². The molecule has 1 aliphatic carbocycles. The van der Waals surface area contributed by atoms with Crippen molar-refractivity contribution >= 4 is 38.5 Å². The summed E-state index contributed by atoms with van der Waals surface area (Å²) in [5, 5.41) is 4.15. The van der Waals surface area contributed by atoms with Crippen LogP contribution >= 0.6 is 0 Å². The highest BCUT2D eigenvalue weighted by atomic mass is 32.2. The fraction of sp³-hybridized carbons (Fsp3) is 0.357. The lowest BCUT2D eigenvalue weighted by atomic mass is 9.93. The Balaban J connectivity index is 1.34. The van der Waals surface area contributed by atoms with Crippen molar-refractivity contribution in [3.63, 3.8) is 0 Å². The normalized spacial score (nSPS) is 18.5. The minimum absolute atomic E-state index is 0.118. The van der Waals surface area contributed by atoms with Gasteiger partial charge in [-0.05, 0) is 62.3 Å². The smallest absolute Gasteiger partial charge is 0.409 e. The summed E-state index contributed by atoms with van der Waals surface area (Å²) in [4.78, 5) is 26.8. The molecule has 5 rings (SSSR count). The van der Waals surface area contributed by atoms with Crippen LogP contribution in [0.3, 0.4) is 0 Å². The van der Waals surface area contributed by atoms with Gasteiger partial charge in [0.05, 0.1) is 11.5 Å². The Labute approximate surface area is 217 Å². The van der Waals surface area contributed by atoms with Crippen LogP contribution in [0.25, 0.3) is 10.8 Å². The lowest BCUT2D eigenvalue weighted by Crippen LogP contribution is -2.42. The molecule has 8 nitrogen and oxygen atoms in total. The van der Waals surface area contributed by atoms with Crippen LogP contribution in [0.2, 0.25) is 0 Å². The highest BCUT2D eigenvalue weighted by Gasteiger charge is 2.56. The summed E-state index contributed by atoms with van der Waals surface area (Å²) in [6, 6.07) is 17.5. The molecule has 1 saturated heterocycles. The van der Waals surface area contributed by atoms with Crippen molar-refractivity contribution in [3.05, 3.63) is 71.8 Å². The second-order valence-corrected chi connectivity index (χ2v) is 11.5. The van der Waals surface area contributed by atoms with Crippen molar-refractivity contribution in [2.24, 2.45) is 5.41 Å². The molecule has 1 heterocycles. The van der Waals surface area contributed by atoms with E-state index in [1.165, 1.54) is 0 Å². The van der Waals surface area contributed by atoms with Gasteiger partial charge in [0, 0.05) is 41.2 Å². The molecule has 2 fully saturated rings. The van der Waals surface area contributed by atoms with Crippen molar-refractivity contribution < 1.29 is 22.7 Å². The topological polar surface area (TPSA) is 105 Å². The maximum Gasteiger partial charge on any atom is 0.409 e. The van der Waals surface area contributed by atoms with E-state index in [0.717, 1.165) is 24.8 Å². The van der Waals surface area contributed by atoms with Gasteiger partial charge in [-0.25, -0.2) is 17.9 Å². The number of rotatable bonds is 6. The number of piperidine rings is 1. The van der Waals surface area contributed by atoms with E-state index in [-0.39, 0.29) is 28.4 Å². The number of hydrogen-bond donors (Lipinski definition) is 2. The van der Waals surface area contributed by atoms with Crippen LogP contribution in [0.15, 0.2) is 65.6 Å². The highest BCUT2D eigenvalue weighted by molar-refractivity contribution is 7.89. The highest BCUT2D eigenvalue weighted by Crippen LogP contribution is 2.54. The standard InChI is InChI=1S/C28H31N3O5S/c1-3-36-27(33)31-16-14-28(15-17-31)18-25(28)30-37(34,35)24-13-12-23(21-10-6-7-11-22(21)24)29-26(32)20-9-5-4-8-19(20)2/h4-13,25,30H,3,14-18H2,1-2H3,(H,29,32)/t25-/m1/s1. The molecule has 2 amide bonds. The number of nitrogens with zero attached hydrogens (tertiary/aromatic N) is 1. The third-order valence-electron chi connectivity index (χ3n) is 7.58. The minimum Gasteiger partial charge on any atom is -0.450 e. The number of sulfonamides is 1. The van der Waals surface area contributed by atoms with Crippen LogP contribution in [0.4, 0.5) is 10.5 Å². The zero-order valence-electron chi connectivity index (χ0n) is 21.0. The van der Waals surface area contributed by atoms with Gasteiger partial charge >= 0.3 is 6.09 Å². The van der Waals surface area contributed by atoms with Crippen LogP contribution in [-0.4, -0.2) is 51.1 Å². The Bertz CT molecular complexity index is 1460. The first kappa shape index (κ1) is 25.2. The van der Waals surface area contributed by atoms with Crippen LogP contribution in [0.5, 0.6) is 0 Å². The average molecular weight is 522 g/mol. The summed E-state index contributed by atoms with van der Waals surface area (Å²) in [5.41, 5.74) is 1.86. The number of benzene rings is 3. The average Bonchev–Trinajstić information content (AvgIpc) is 3.54. The molecule has 0 unspecified atom stereocenters. The van der Waals surface area contributed by atoms with Crippen molar-refractivity contribution in [2.45, 2.75) is 44.0 Å². The maximum absolute atomic E-state index is 13.5. The Hall–Kier alpha value is -3.43. The van der Waals surface area contributed by atoms with E-state index in [1.807, 2.05) is 37.3 Å². The predicted molar refractivity (Wildman–Crippen MR) is 142 cm³/mol. The van der Waals surface area contributed by atoms with Crippen molar-refractivity contribution in [1.82, 2.24) is 9.62 Å². The maximum atomic E-state index is 13.5. The molecule has 9 heteroatoms. The monoisotopic (exact) mass is 521 g/mol. The summed E-state index contributed by atoms with van der Waals surface area (Å²) in [5.74, 6) is -0.244. The Morgan fingerprint density at radius 1 is 1.00 bits per heavy atom. The molecule has 1 spiro atoms. The zero-order chi connectivity index (χ0) is 26.2. The first-order chi connectivity index (χ1) is 17.7. The Morgan fingerprint density at radius 2 is 1.68 bits per heavy atom. The van der Waals surface area contributed by atoms with Gasteiger partial charge in [-0.3, -0.25) is 4.79 Å². The van der Waals surface area contributed by atoms with Gasteiger partial charge in [0.2, 0.25) is 10.0 Å². The van der Waals surface area contributed by atoms with E-state index in [4.69, 9.17) is 4.74 Å². The molecular weight excluding hydrogens is 490 g/mol. The fourth-order valence-corrected chi connectivity index (χ4v) is 6.85. The molecule has 1 atom stereocenters. The molecule has 2 N–H and O–H groups in total. The number of fused-ring (bicyclic) bond motifs is 1. The first-order valence-electron chi connectivity index (χ1n) is 12.6. The zero-order valence-corrected chi connectivity index (χ0v) is 21.8. The van der Waals surface area contributed by atoms with Gasteiger partial charge in [0.1, 0.15) is 0 Å². The summed E-state index contributed by atoms with van der Waals surface area (Å²) in [6.45, 7) is 5.12. The van der Waals surface area contributed by atoms with Crippen LogP contribution in [0.1, 0.15) is 42.1 Å². The number of ether oxygens (including phenoxy) is 1. The largest absolute Gasteiger partial charge is 0.450 e. The molecule has 0 bridgehead atoms. The molecule has 3 aromatic carbocycles. The Morgan fingerprint density at radius 3 is 2.38 bits per heavy atom. The molecule has 3 aromatic rings. The molecule has 0 radical (unpaired) electrons. The number of anilines is 1. The number of hydrogen-bond acceptors (Lipinski definition) is 5. The van der Waals surface area contributed by atoms with Gasteiger partial charge in [-0.2, -0.15) is 0 Å². The second kappa shape index (κ2) is 9.79. The van der Waals surface area contributed by atoms with Gasteiger partial charge < -0.3 is 15.0 Å². The third-order valence-corrected chi connectivity index (χ3v) is 9.11.